The molecule has 0 aliphatic carbocycles. The quantitative estimate of drug-likeness (QED) is 0.843. The Hall–Kier alpha value is -2.95. The van der Waals surface area contributed by atoms with Crippen molar-refractivity contribution >= 4 is 17.6 Å². The molecule has 5 nitrogen and oxygen atoms in total. The first-order chi connectivity index (χ1) is 12.1. The van der Waals surface area contributed by atoms with Crippen LogP contribution in [0.3, 0.4) is 0 Å². The number of Topliss-reactive ketones (excluding diaryl/α,β-unsaturated/α-hetero) is 1. The van der Waals surface area contributed by atoms with Crippen molar-refractivity contribution in [3.8, 4) is 11.1 Å². The van der Waals surface area contributed by atoms with Crippen LogP contribution in [0.5, 0.6) is 0 Å². The van der Waals surface area contributed by atoms with E-state index in [2.05, 4.69) is 10.6 Å². The first kappa shape index (κ1) is 16.9. The molecule has 0 spiro atoms. The molecule has 1 fully saturated rings. The molecule has 128 valence electrons. The third-order valence-corrected chi connectivity index (χ3v) is 4.36. The fourth-order valence-corrected chi connectivity index (χ4v) is 2.99. The lowest BCUT2D eigenvalue weighted by Gasteiger charge is -2.22. The summed E-state index contributed by atoms with van der Waals surface area (Å²) in [6.45, 7) is 2.20. The molecule has 1 saturated heterocycles. The zero-order valence-corrected chi connectivity index (χ0v) is 14.0. The molecule has 0 bridgehead atoms. The van der Waals surface area contributed by atoms with Crippen LogP contribution in [0.25, 0.3) is 11.1 Å². The van der Waals surface area contributed by atoms with E-state index < -0.39 is 6.04 Å². The van der Waals surface area contributed by atoms with Crippen LogP contribution in [0.4, 0.5) is 0 Å². The van der Waals surface area contributed by atoms with Gasteiger partial charge in [0.2, 0.25) is 5.91 Å². The maximum absolute atomic E-state index is 12.3. The number of hydrogen-bond acceptors (Lipinski definition) is 3. The Labute approximate surface area is 146 Å². The van der Waals surface area contributed by atoms with E-state index >= 15 is 0 Å². The topological polar surface area (TPSA) is 75.3 Å². The van der Waals surface area contributed by atoms with E-state index in [1.165, 1.54) is 6.92 Å². The molecular weight excluding hydrogens is 316 g/mol. The smallest absolute Gasteiger partial charge is 0.251 e. The van der Waals surface area contributed by atoms with Crippen molar-refractivity contribution in [1.82, 2.24) is 10.6 Å². The minimum absolute atomic E-state index is 0.000676. The largest absolute Gasteiger partial charge is 0.354 e. The van der Waals surface area contributed by atoms with Gasteiger partial charge in [-0.05, 0) is 43.0 Å². The SMILES string of the molecule is CC(=O)c1ccccc1-c1ccc(C(=O)N[C@H]2CCCNC2=O)cc1. The van der Waals surface area contributed by atoms with Gasteiger partial charge < -0.3 is 10.6 Å². The minimum Gasteiger partial charge on any atom is -0.354 e. The maximum atomic E-state index is 12.3. The molecule has 2 aromatic rings. The van der Waals surface area contributed by atoms with Crippen molar-refractivity contribution in [2.24, 2.45) is 0 Å². The summed E-state index contributed by atoms with van der Waals surface area (Å²) >= 11 is 0. The minimum atomic E-state index is -0.473. The Morgan fingerprint density at radius 3 is 2.48 bits per heavy atom. The Kier molecular flexibility index (Phi) is 4.93. The van der Waals surface area contributed by atoms with Crippen LogP contribution in [0.15, 0.2) is 48.5 Å². The zero-order chi connectivity index (χ0) is 17.8. The molecule has 0 aromatic heterocycles. The Morgan fingerprint density at radius 1 is 1.08 bits per heavy atom. The second kappa shape index (κ2) is 7.30. The van der Waals surface area contributed by atoms with E-state index in [0.29, 0.717) is 24.1 Å². The number of rotatable bonds is 4. The molecule has 2 amide bonds. The molecule has 0 radical (unpaired) electrons. The van der Waals surface area contributed by atoms with Crippen LogP contribution in [-0.4, -0.2) is 30.2 Å². The van der Waals surface area contributed by atoms with Gasteiger partial charge in [-0.25, -0.2) is 0 Å². The number of piperidine rings is 1. The van der Waals surface area contributed by atoms with Crippen LogP contribution < -0.4 is 10.6 Å². The van der Waals surface area contributed by atoms with Gasteiger partial charge in [0.1, 0.15) is 6.04 Å². The molecule has 1 heterocycles. The van der Waals surface area contributed by atoms with E-state index in [1.54, 1.807) is 18.2 Å². The van der Waals surface area contributed by atoms with E-state index in [-0.39, 0.29) is 17.6 Å². The third kappa shape index (κ3) is 3.76. The molecule has 25 heavy (non-hydrogen) atoms. The van der Waals surface area contributed by atoms with Crippen molar-refractivity contribution in [2.45, 2.75) is 25.8 Å². The summed E-state index contributed by atoms with van der Waals surface area (Å²) in [5, 5.41) is 5.52. The highest BCUT2D eigenvalue weighted by Gasteiger charge is 2.24. The molecule has 0 saturated carbocycles. The van der Waals surface area contributed by atoms with Gasteiger partial charge in [-0.3, -0.25) is 14.4 Å². The van der Waals surface area contributed by atoms with Crippen molar-refractivity contribution in [1.29, 1.82) is 0 Å². The monoisotopic (exact) mass is 336 g/mol. The number of ketones is 1. The second-order valence-corrected chi connectivity index (χ2v) is 6.14. The molecule has 3 rings (SSSR count). The fourth-order valence-electron chi connectivity index (χ4n) is 2.99. The van der Waals surface area contributed by atoms with Crippen LogP contribution in [0, 0.1) is 0 Å². The van der Waals surface area contributed by atoms with Crippen molar-refractivity contribution in [3.05, 3.63) is 59.7 Å². The van der Waals surface area contributed by atoms with Crippen LogP contribution in [0.2, 0.25) is 0 Å². The molecule has 0 unspecified atom stereocenters. The molecular formula is C20H20N2O3. The average molecular weight is 336 g/mol. The number of amides is 2. The van der Waals surface area contributed by atoms with Gasteiger partial charge in [-0.15, -0.1) is 0 Å². The third-order valence-electron chi connectivity index (χ3n) is 4.36. The number of hydrogen-bond donors (Lipinski definition) is 2. The lowest BCUT2D eigenvalue weighted by atomic mass is 9.96. The fraction of sp³-hybridized carbons (Fsp3) is 0.250. The Balaban J connectivity index is 1.77. The normalized spacial score (nSPS) is 16.8. The molecule has 1 aliphatic rings. The summed E-state index contributed by atoms with van der Waals surface area (Å²) in [4.78, 5) is 35.8. The van der Waals surface area contributed by atoms with Gasteiger partial charge in [0, 0.05) is 17.7 Å². The highest BCUT2D eigenvalue weighted by atomic mass is 16.2. The zero-order valence-electron chi connectivity index (χ0n) is 14.0. The van der Waals surface area contributed by atoms with Crippen molar-refractivity contribution in [2.75, 3.05) is 6.54 Å². The van der Waals surface area contributed by atoms with Crippen LogP contribution >= 0.6 is 0 Å². The van der Waals surface area contributed by atoms with E-state index in [9.17, 15) is 14.4 Å². The van der Waals surface area contributed by atoms with Crippen LogP contribution in [-0.2, 0) is 4.79 Å². The average Bonchev–Trinajstić information content (AvgIpc) is 2.63. The standard InChI is InChI=1S/C20H20N2O3/c1-13(23)16-5-2-3-6-17(16)14-8-10-15(11-9-14)19(24)22-18-7-4-12-21-20(18)25/h2-3,5-6,8-11,18H,4,7,12H2,1H3,(H,21,25)(H,22,24)/t18-/m0/s1. The van der Waals surface area contributed by atoms with Crippen molar-refractivity contribution in [3.63, 3.8) is 0 Å². The summed E-state index contributed by atoms with van der Waals surface area (Å²) in [5.74, 6) is -0.402. The van der Waals surface area contributed by atoms with Crippen molar-refractivity contribution < 1.29 is 14.4 Å². The number of carbonyl (C=O) groups excluding carboxylic acids is 3. The van der Waals surface area contributed by atoms with E-state index in [4.69, 9.17) is 0 Å². The number of nitrogens with one attached hydrogen (secondary N) is 2. The van der Waals surface area contributed by atoms with Gasteiger partial charge >= 0.3 is 0 Å². The number of benzene rings is 2. The van der Waals surface area contributed by atoms with E-state index in [0.717, 1.165) is 17.5 Å². The van der Waals surface area contributed by atoms with Gasteiger partial charge in [-0.2, -0.15) is 0 Å². The van der Waals surface area contributed by atoms with Gasteiger partial charge in [0.15, 0.2) is 5.78 Å². The van der Waals surface area contributed by atoms with Crippen LogP contribution in [0.1, 0.15) is 40.5 Å². The highest BCUT2D eigenvalue weighted by Crippen LogP contribution is 2.24. The molecule has 5 heteroatoms. The first-order valence-corrected chi connectivity index (χ1v) is 8.35. The number of carbonyl (C=O) groups is 3. The summed E-state index contributed by atoms with van der Waals surface area (Å²) in [6.07, 6.45) is 1.51. The maximum Gasteiger partial charge on any atom is 0.251 e. The summed E-state index contributed by atoms with van der Waals surface area (Å²) in [5.41, 5.74) is 2.85. The summed E-state index contributed by atoms with van der Waals surface area (Å²) in [7, 11) is 0. The Morgan fingerprint density at radius 2 is 1.80 bits per heavy atom. The Bertz CT molecular complexity index is 812. The summed E-state index contributed by atoms with van der Waals surface area (Å²) < 4.78 is 0. The van der Waals surface area contributed by atoms with Gasteiger partial charge in [-0.1, -0.05) is 36.4 Å². The predicted molar refractivity (Wildman–Crippen MR) is 95.4 cm³/mol. The predicted octanol–water partition coefficient (Wildman–Crippen LogP) is 2.56. The molecule has 2 aromatic carbocycles. The highest BCUT2D eigenvalue weighted by molar-refractivity contribution is 6.01. The lowest BCUT2D eigenvalue weighted by molar-refractivity contribution is -0.124. The van der Waals surface area contributed by atoms with Gasteiger partial charge in [0.05, 0.1) is 0 Å². The van der Waals surface area contributed by atoms with E-state index in [1.807, 2.05) is 30.3 Å². The lowest BCUT2D eigenvalue weighted by Crippen LogP contribution is -2.50. The molecule has 2 N–H and O–H groups in total. The first-order valence-electron chi connectivity index (χ1n) is 8.35. The second-order valence-electron chi connectivity index (χ2n) is 6.14. The molecule has 1 aliphatic heterocycles. The molecule has 1 atom stereocenters. The summed E-state index contributed by atoms with van der Waals surface area (Å²) in [6, 6.07) is 14.0. The van der Waals surface area contributed by atoms with Gasteiger partial charge in [0.25, 0.3) is 5.91 Å².